The fourth-order valence-electron chi connectivity index (χ4n) is 1.90. The van der Waals surface area contributed by atoms with Gasteiger partial charge in [0.2, 0.25) is 5.91 Å². The first kappa shape index (κ1) is 13.5. The molecular weight excluding hydrogens is 248 g/mol. The highest BCUT2D eigenvalue weighted by Crippen LogP contribution is 2.12. The molecule has 1 saturated heterocycles. The highest BCUT2D eigenvalue weighted by atomic mass is 32.1. The van der Waals surface area contributed by atoms with E-state index in [1.54, 1.807) is 11.3 Å². The minimum absolute atomic E-state index is 0.0881. The third-order valence-electron chi connectivity index (χ3n) is 2.96. The van der Waals surface area contributed by atoms with E-state index < -0.39 is 0 Å². The molecule has 0 bridgehead atoms. The Kier molecular flexibility index (Phi) is 5.10. The van der Waals surface area contributed by atoms with Gasteiger partial charge in [0.1, 0.15) is 5.01 Å². The lowest BCUT2D eigenvalue weighted by Gasteiger charge is -2.26. The summed E-state index contributed by atoms with van der Waals surface area (Å²) in [6.07, 6.45) is 2.90. The van der Waals surface area contributed by atoms with E-state index in [9.17, 15) is 4.79 Å². The van der Waals surface area contributed by atoms with Gasteiger partial charge >= 0.3 is 0 Å². The molecule has 2 N–H and O–H groups in total. The van der Waals surface area contributed by atoms with E-state index in [4.69, 9.17) is 0 Å². The van der Waals surface area contributed by atoms with Crippen molar-refractivity contribution in [1.29, 1.82) is 0 Å². The van der Waals surface area contributed by atoms with Crippen LogP contribution in [0.5, 0.6) is 0 Å². The van der Waals surface area contributed by atoms with Crippen LogP contribution in [-0.4, -0.2) is 48.5 Å². The van der Waals surface area contributed by atoms with Gasteiger partial charge in [-0.1, -0.05) is 6.92 Å². The Morgan fingerprint density at radius 2 is 2.33 bits per heavy atom. The van der Waals surface area contributed by atoms with E-state index in [1.165, 1.54) is 4.88 Å². The monoisotopic (exact) mass is 268 g/mol. The molecule has 2 rings (SSSR count). The second-order valence-corrected chi connectivity index (χ2v) is 5.58. The molecule has 0 radical (unpaired) electrons. The summed E-state index contributed by atoms with van der Waals surface area (Å²) in [7, 11) is 0. The van der Waals surface area contributed by atoms with Crippen LogP contribution >= 0.6 is 11.3 Å². The molecule has 2 heterocycles. The zero-order valence-electron chi connectivity index (χ0n) is 10.7. The maximum atomic E-state index is 11.8. The fraction of sp³-hybridized carbons (Fsp3) is 0.667. The average Bonchev–Trinajstić information content (AvgIpc) is 2.85. The van der Waals surface area contributed by atoms with E-state index in [0.29, 0.717) is 13.1 Å². The number of rotatable bonds is 5. The predicted molar refractivity (Wildman–Crippen MR) is 72.6 cm³/mol. The number of nitrogens with zero attached hydrogens (tertiary/aromatic N) is 2. The van der Waals surface area contributed by atoms with Gasteiger partial charge in [-0.2, -0.15) is 0 Å². The summed E-state index contributed by atoms with van der Waals surface area (Å²) in [6, 6.07) is 0. The average molecular weight is 268 g/mol. The van der Waals surface area contributed by atoms with E-state index >= 15 is 0 Å². The minimum atomic E-state index is 0.0881. The first-order valence-corrected chi connectivity index (χ1v) is 7.23. The molecule has 100 valence electrons. The van der Waals surface area contributed by atoms with Crippen LogP contribution < -0.4 is 10.6 Å². The molecule has 1 fully saturated rings. The highest BCUT2D eigenvalue weighted by molar-refractivity contribution is 7.11. The number of piperazine rings is 1. The first-order chi connectivity index (χ1) is 8.78. The molecule has 5 nitrogen and oxygen atoms in total. The van der Waals surface area contributed by atoms with Crippen LogP contribution in [0.2, 0.25) is 0 Å². The number of carbonyl (C=O) groups is 1. The maximum absolute atomic E-state index is 11.8. The topological polar surface area (TPSA) is 57.3 Å². The minimum Gasteiger partial charge on any atom is -0.348 e. The second kappa shape index (κ2) is 6.82. The molecule has 18 heavy (non-hydrogen) atoms. The number of nitrogens with one attached hydrogen (secondary N) is 2. The Morgan fingerprint density at radius 3 is 3.00 bits per heavy atom. The van der Waals surface area contributed by atoms with Crippen molar-refractivity contribution < 1.29 is 4.79 Å². The molecule has 0 spiro atoms. The highest BCUT2D eigenvalue weighted by Gasteiger charge is 2.13. The van der Waals surface area contributed by atoms with Gasteiger partial charge in [0.25, 0.3) is 0 Å². The third-order valence-corrected chi connectivity index (χ3v) is 4.11. The van der Waals surface area contributed by atoms with Gasteiger partial charge in [-0.05, 0) is 6.42 Å². The van der Waals surface area contributed by atoms with E-state index in [1.807, 2.05) is 6.20 Å². The van der Waals surface area contributed by atoms with Gasteiger partial charge in [0.05, 0.1) is 13.1 Å². The normalized spacial score (nSPS) is 16.7. The molecule has 6 heteroatoms. The molecular formula is C12H20N4OS. The van der Waals surface area contributed by atoms with Gasteiger partial charge in [0, 0.05) is 37.3 Å². The Bertz CT molecular complexity index is 387. The lowest BCUT2D eigenvalue weighted by molar-refractivity contribution is -0.122. The van der Waals surface area contributed by atoms with Gasteiger partial charge in [-0.3, -0.25) is 9.69 Å². The fourth-order valence-corrected chi connectivity index (χ4v) is 2.70. The number of hydrogen-bond donors (Lipinski definition) is 2. The number of amides is 1. The van der Waals surface area contributed by atoms with Crippen LogP contribution in [0.15, 0.2) is 6.20 Å². The molecule has 1 aromatic rings. The van der Waals surface area contributed by atoms with Crippen LogP contribution in [0.1, 0.15) is 16.8 Å². The van der Waals surface area contributed by atoms with Gasteiger partial charge in [0.15, 0.2) is 0 Å². The number of hydrogen-bond acceptors (Lipinski definition) is 5. The van der Waals surface area contributed by atoms with Crippen molar-refractivity contribution in [3.8, 4) is 0 Å². The Morgan fingerprint density at radius 1 is 1.56 bits per heavy atom. The first-order valence-electron chi connectivity index (χ1n) is 6.41. The standard InChI is InChI=1S/C12H20N4OS/c1-2-10-7-15-12(18-10)8-14-11(17)9-16-5-3-13-4-6-16/h7,13H,2-6,8-9H2,1H3,(H,14,17). The van der Waals surface area contributed by atoms with Crippen molar-refractivity contribution in [3.05, 3.63) is 16.1 Å². The number of carbonyl (C=O) groups excluding carboxylic acids is 1. The van der Waals surface area contributed by atoms with E-state index in [-0.39, 0.29) is 5.91 Å². The van der Waals surface area contributed by atoms with Crippen molar-refractivity contribution in [1.82, 2.24) is 20.5 Å². The number of thiazole rings is 1. The van der Waals surface area contributed by atoms with Crippen molar-refractivity contribution in [2.24, 2.45) is 0 Å². The smallest absolute Gasteiger partial charge is 0.234 e. The molecule has 0 saturated carbocycles. The van der Waals surface area contributed by atoms with Crippen LogP contribution in [0.4, 0.5) is 0 Å². The van der Waals surface area contributed by atoms with Crippen molar-refractivity contribution in [2.45, 2.75) is 19.9 Å². The number of aromatic nitrogens is 1. The summed E-state index contributed by atoms with van der Waals surface area (Å²) in [5.41, 5.74) is 0. The number of aryl methyl sites for hydroxylation is 1. The summed E-state index contributed by atoms with van der Waals surface area (Å²) >= 11 is 1.67. The summed E-state index contributed by atoms with van der Waals surface area (Å²) < 4.78 is 0. The van der Waals surface area contributed by atoms with E-state index in [2.05, 4.69) is 27.4 Å². The summed E-state index contributed by atoms with van der Waals surface area (Å²) in [6.45, 7) is 7.00. The molecule has 0 atom stereocenters. The summed E-state index contributed by atoms with van der Waals surface area (Å²) in [5.74, 6) is 0.0881. The molecule has 0 aromatic carbocycles. The molecule has 1 aromatic heterocycles. The summed E-state index contributed by atoms with van der Waals surface area (Å²) in [4.78, 5) is 19.5. The van der Waals surface area contributed by atoms with Gasteiger partial charge in [-0.15, -0.1) is 11.3 Å². The quantitative estimate of drug-likeness (QED) is 0.802. The molecule has 0 aliphatic carbocycles. The SMILES string of the molecule is CCc1cnc(CNC(=O)CN2CCNCC2)s1. The lowest BCUT2D eigenvalue weighted by atomic mass is 10.3. The Balaban J connectivity index is 1.70. The lowest BCUT2D eigenvalue weighted by Crippen LogP contribution is -2.47. The van der Waals surface area contributed by atoms with Crippen LogP contribution in [0.25, 0.3) is 0 Å². The van der Waals surface area contributed by atoms with Crippen molar-refractivity contribution >= 4 is 17.2 Å². The van der Waals surface area contributed by atoms with E-state index in [0.717, 1.165) is 37.6 Å². The maximum Gasteiger partial charge on any atom is 0.234 e. The van der Waals surface area contributed by atoms with Crippen LogP contribution in [-0.2, 0) is 17.8 Å². The zero-order valence-corrected chi connectivity index (χ0v) is 11.6. The van der Waals surface area contributed by atoms with Crippen molar-refractivity contribution in [3.63, 3.8) is 0 Å². The summed E-state index contributed by atoms with van der Waals surface area (Å²) in [5, 5.41) is 7.19. The second-order valence-electron chi connectivity index (χ2n) is 4.38. The predicted octanol–water partition coefficient (Wildman–Crippen LogP) is 0.227. The van der Waals surface area contributed by atoms with Gasteiger partial charge in [-0.25, -0.2) is 4.98 Å². The Labute approximate surface area is 112 Å². The van der Waals surface area contributed by atoms with Gasteiger partial charge < -0.3 is 10.6 Å². The van der Waals surface area contributed by atoms with Crippen LogP contribution in [0.3, 0.4) is 0 Å². The molecule has 1 aliphatic rings. The Hall–Kier alpha value is -0.980. The molecule has 1 amide bonds. The molecule has 1 aliphatic heterocycles. The van der Waals surface area contributed by atoms with Crippen molar-refractivity contribution in [2.75, 3.05) is 32.7 Å². The largest absolute Gasteiger partial charge is 0.348 e. The third kappa shape index (κ3) is 4.04. The zero-order chi connectivity index (χ0) is 12.8. The van der Waals surface area contributed by atoms with Crippen LogP contribution in [0, 0.1) is 0 Å². The molecule has 0 unspecified atom stereocenters.